The van der Waals surface area contributed by atoms with Crippen LogP contribution in [0.3, 0.4) is 0 Å². The van der Waals surface area contributed by atoms with Crippen LogP contribution in [0.25, 0.3) is 22.3 Å². The molecule has 0 saturated heterocycles. The zero-order chi connectivity index (χ0) is 40.0. The first kappa shape index (κ1) is 53.9. The minimum absolute atomic E-state index is 0. The maximum atomic E-state index is 10.5. The monoisotopic (exact) mass is 992 g/mol. The van der Waals surface area contributed by atoms with E-state index in [4.69, 9.17) is 25.3 Å². The average Bonchev–Trinajstić information content (AvgIpc) is 3.01. The summed E-state index contributed by atoms with van der Waals surface area (Å²) in [7, 11) is 0. The Morgan fingerprint density at radius 3 is 1.28 bits per heavy atom. The fraction of sp³-hybridized carbons (Fsp3) is 0.294. The van der Waals surface area contributed by atoms with Gasteiger partial charge in [-0.05, 0) is 87.4 Å². The molecule has 4 aromatic rings. The van der Waals surface area contributed by atoms with Crippen molar-refractivity contribution in [3.05, 3.63) is 112 Å². The summed E-state index contributed by atoms with van der Waals surface area (Å²) in [6.45, 7) is 17.5. The molecule has 4 N–H and O–H groups in total. The van der Waals surface area contributed by atoms with Crippen molar-refractivity contribution < 1.29 is 46.6 Å². The van der Waals surface area contributed by atoms with Crippen LogP contribution < -0.4 is 23.6 Å². The van der Waals surface area contributed by atoms with Crippen LogP contribution in [0, 0.1) is 18.8 Å². The van der Waals surface area contributed by atoms with Gasteiger partial charge in [0.05, 0.1) is 0 Å². The molecule has 53 heavy (non-hydrogen) atoms. The molecule has 19 heteroatoms. The summed E-state index contributed by atoms with van der Waals surface area (Å²) in [6.07, 6.45) is 0. The molecule has 0 radical (unpaired) electrons. The van der Waals surface area contributed by atoms with E-state index in [-0.39, 0.29) is 20.2 Å². The van der Waals surface area contributed by atoms with Gasteiger partial charge in [0.1, 0.15) is 5.69 Å². The van der Waals surface area contributed by atoms with Crippen LogP contribution in [0.1, 0.15) is 63.8 Å². The van der Waals surface area contributed by atoms with Crippen LogP contribution in [0.4, 0.5) is 43.0 Å². The van der Waals surface area contributed by atoms with E-state index in [1.165, 1.54) is 33.4 Å². The molecule has 0 amide bonds. The second-order valence-electron chi connectivity index (χ2n) is 12.9. The van der Waals surface area contributed by atoms with Crippen molar-refractivity contribution in [2.24, 2.45) is 5.11 Å². The Labute approximate surface area is 311 Å². The molecular formula is C34H42F12N4OSb2. The number of nitrogen functional groups attached to an aromatic ring is 1. The standard InChI is InChI=1S/C17H20N2.C17H21N.F2.10FH.NO.2Sb/c1-12-7-5-6-8-14(12)15-11-13(17(2,3)4)9-10-16(15)19-18;1-12-7-5-6-8-14(12)15-11-13(17(2,3)4)9-10-16(15)18;1-2;;;;;;;;;;;1-2;;/h5-11,18H,1-4H3;5-11H,18H2,1-4H3;;10*1H;;;/q;;;;;;;;;;;;;-1;2*+5/p-9. The van der Waals surface area contributed by atoms with Gasteiger partial charge in [-0.1, -0.05) is 102 Å². The maximum absolute atomic E-state index is 10.5. The Kier molecular flexibility index (Phi) is 22.5. The quantitative estimate of drug-likeness (QED) is 0.0955. The fourth-order valence-electron chi connectivity index (χ4n) is 4.34. The Hall–Kier alpha value is -3.41. The summed E-state index contributed by atoms with van der Waals surface area (Å²) in [5.74, 6) is 0. The van der Waals surface area contributed by atoms with Crippen LogP contribution in [-0.2, 0) is 10.8 Å². The van der Waals surface area contributed by atoms with Crippen LogP contribution in [0.15, 0.2) is 90.0 Å². The molecule has 0 aliphatic carbocycles. The van der Waals surface area contributed by atoms with Gasteiger partial charge in [-0.2, -0.15) is 5.53 Å². The van der Waals surface area contributed by atoms with E-state index in [1.54, 1.807) is 0 Å². The predicted octanol–water partition coefficient (Wildman–Crippen LogP) is 5.35. The second kappa shape index (κ2) is 22.1. The second-order valence-corrected chi connectivity index (χ2v) is 19.4. The number of benzene rings is 4. The zero-order valence-corrected chi connectivity index (χ0v) is 35.1. The molecule has 0 bridgehead atoms. The number of halogens is 12. The SMILES string of the molecule is Cc1ccccc1-c1cc(C(C)(C)C)ccc1N.Cc1ccccc1-c1cc(C(C)(C)C)ccc1N=[NH2+].FF.O=[N+]=[Sb]([F])([F])[F].[F-].[F-].[F][Sb]([F])([F])([F])[F]. The molecule has 0 fully saturated rings. The molecule has 0 aliphatic heterocycles. The molecule has 0 aromatic heterocycles. The Balaban J connectivity index is -0.000000682. The van der Waals surface area contributed by atoms with E-state index in [2.05, 4.69) is 121 Å². The van der Waals surface area contributed by atoms with E-state index < -0.39 is 40.7 Å². The van der Waals surface area contributed by atoms with Gasteiger partial charge < -0.3 is 15.1 Å². The van der Waals surface area contributed by atoms with Gasteiger partial charge >= 0.3 is 71.0 Å². The first-order valence-electron chi connectivity index (χ1n) is 14.8. The molecule has 0 heterocycles. The number of rotatable bonds is 3. The Morgan fingerprint density at radius 2 is 0.962 bits per heavy atom. The van der Waals surface area contributed by atoms with E-state index in [0.29, 0.717) is 0 Å². The summed E-state index contributed by atoms with van der Waals surface area (Å²) >= 11 is -15.8. The number of nitrogens with two attached hydrogens (primary N) is 2. The molecule has 4 aromatic carbocycles. The van der Waals surface area contributed by atoms with Crippen LogP contribution >= 0.6 is 0 Å². The molecule has 0 aliphatic rings. The zero-order valence-electron chi connectivity index (χ0n) is 30.0. The van der Waals surface area contributed by atoms with E-state index in [9.17, 15) is 22.5 Å². The number of aryl methyl sites for hydroxylation is 2. The van der Waals surface area contributed by atoms with E-state index >= 15 is 0 Å². The molecule has 4 rings (SSSR count). The fourth-order valence-corrected chi connectivity index (χ4v) is 4.34. The normalized spacial score (nSPS) is 11.5. The van der Waals surface area contributed by atoms with Crippen LogP contribution in [-0.4, -0.2) is 40.7 Å². The van der Waals surface area contributed by atoms with Gasteiger partial charge in [-0.15, -0.1) is 0 Å². The van der Waals surface area contributed by atoms with Crippen LogP contribution in [0.2, 0.25) is 0 Å². The molecule has 5 nitrogen and oxygen atoms in total. The van der Waals surface area contributed by atoms with E-state index in [0.717, 1.165) is 25.5 Å². The van der Waals surface area contributed by atoms with Gasteiger partial charge in [-0.25, -0.2) is 0 Å². The van der Waals surface area contributed by atoms with Crippen molar-refractivity contribution in [1.82, 2.24) is 2.95 Å². The predicted molar refractivity (Wildman–Crippen MR) is 187 cm³/mol. The van der Waals surface area contributed by atoms with Gasteiger partial charge in [0.25, 0.3) is 0 Å². The first-order chi connectivity index (χ1) is 23.1. The summed E-state index contributed by atoms with van der Waals surface area (Å²) in [4.78, 5) is 8.54. The van der Waals surface area contributed by atoms with Gasteiger partial charge in [0.2, 0.25) is 0 Å². The van der Waals surface area contributed by atoms with Gasteiger partial charge in [-0.3, -0.25) is 0 Å². The van der Waals surface area contributed by atoms with Gasteiger partial charge in [0, 0.05) is 26.0 Å². The molecule has 0 spiro atoms. The third kappa shape index (κ3) is 21.8. The Bertz CT molecular complexity index is 1800. The van der Waals surface area contributed by atoms with Crippen molar-refractivity contribution in [1.29, 1.82) is 0 Å². The van der Waals surface area contributed by atoms with Gasteiger partial charge in [0.15, 0.2) is 0 Å². The molecule has 0 atom stereocenters. The number of nitrogens with zero attached hydrogens (tertiary/aromatic N) is 2. The number of anilines is 1. The number of nitroso groups, excluding NO2 is 1. The number of hydrogen-bond donors (Lipinski definition) is 2. The summed E-state index contributed by atoms with van der Waals surface area (Å²) in [5, 5.41) is 3.91. The average molecular weight is 994 g/mol. The van der Waals surface area contributed by atoms with Crippen LogP contribution in [0.5, 0.6) is 0 Å². The third-order valence-electron chi connectivity index (χ3n) is 6.88. The summed E-state index contributed by atoms with van der Waals surface area (Å²) in [6, 6.07) is 29.4. The minimum atomic E-state index is -9.19. The molecule has 298 valence electrons. The van der Waals surface area contributed by atoms with Crippen molar-refractivity contribution in [3.8, 4) is 22.3 Å². The van der Waals surface area contributed by atoms with Crippen molar-refractivity contribution >= 4 is 52.1 Å². The third-order valence-corrected chi connectivity index (χ3v) is 7.41. The Morgan fingerprint density at radius 1 is 0.642 bits per heavy atom. The topological polar surface area (TPSA) is 95.1 Å². The van der Waals surface area contributed by atoms with Crippen molar-refractivity contribution in [3.63, 3.8) is 0 Å². The number of hydrogen-bond acceptors (Lipinski definition) is 3. The van der Waals surface area contributed by atoms with Crippen molar-refractivity contribution in [2.75, 3.05) is 5.73 Å². The van der Waals surface area contributed by atoms with Crippen molar-refractivity contribution in [2.45, 2.75) is 66.2 Å². The summed E-state index contributed by atoms with van der Waals surface area (Å²) in [5.41, 5.74) is 23.4. The van der Waals surface area contributed by atoms with E-state index in [1.807, 2.05) is 24.3 Å². The molecule has 0 saturated carbocycles. The molecule has 0 unspecified atom stereocenters. The first-order valence-corrected chi connectivity index (χ1v) is 23.6. The summed E-state index contributed by atoms with van der Waals surface area (Å²) < 4.78 is 98.0. The molecular weight excluding hydrogens is 952 g/mol.